The molecule has 7 nitrogen and oxygen atoms in total. The maximum absolute atomic E-state index is 9.39. The van der Waals surface area contributed by atoms with Crippen LogP contribution in [-0.2, 0) is 0 Å². The average molecular weight is 338 g/mol. The minimum Gasteiger partial charge on any atom is -0.481 e. The van der Waals surface area contributed by atoms with Gasteiger partial charge in [-0.25, -0.2) is 15.0 Å². The molecule has 3 heterocycles. The van der Waals surface area contributed by atoms with Crippen molar-refractivity contribution < 1.29 is 4.74 Å². The van der Waals surface area contributed by atoms with Crippen molar-refractivity contribution in [3.8, 4) is 11.9 Å². The number of likely N-dealkylation sites (N-methyl/N-ethyl adjacent to an activating group) is 1. The third-order valence-electron chi connectivity index (χ3n) is 4.58. The number of anilines is 2. The summed E-state index contributed by atoms with van der Waals surface area (Å²) in [6.45, 7) is 3.65. The zero-order chi connectivity index (χ0) is 17.8. The third-order valence-corrected chi connectivity index (χ3v) is 4.58. The van der Waals surface area contributed by atoms with Gasteiger partial charge in [0.15, 0.2) is 0 Å². The van der Waals surface area contributed by atoms with Crippen molar-refractivity contribution in [3.05, 3.63) is 35.8 Å². The second-order valence-electron chi connectivity index (χ2n) is 6.21. The van der Waals surface area contributed by atoms with Crippen LogP contribution in [0.4, 0.5) is 11.6 Å². The molecule has 2 aromatic heterocycles. The quantitative estimate of drug-likeness (QED) is 0.845. The highest BCUT2D eigenvalue weighted by Gasteiger charge is 2.26. The van der Waals surface area contributed by atoms with Crippen molar-refractivity contribution in [2.45, 2.75) is 25.8 Å². The van der Waals surface area contributed by atoms with Gasteiger partial charge in [-0.05, 0) is 31.9 Å². The van der Waals surface area contributed by atoms with Crippen LogP contribution in [0.2, 0.25) is 0 Å². The number of nitriles is 1. The first kappa shape index (κ1) is 17.0. The number of piperidine rings is 1. The van der Waals surface area contributed by atoms with Crippen LogP contribution in [0.5, 0.6) is 5.88 Å². The zero-order valence-electron chi connectivity index (χ0n) is 14.8. The molecule has 25 heavy (non-hydrogen) atoms. The first-order chi connectivity index (χ1) is 12.1. The second-order valence-corrected chi connectivity index (χ2v) is 6.21. The van der Waals surface area contributed by atoms with Gasteiger partial charge in [-0.2, -0.15) is 5.26 Å². The molecule has 1 atom stereocenters. The van der Waals surface area contributed by atoms with Gasteiger partial charge in [-0.1, -0.05) is 0 Å². The van der Waals surface area contributed by atoms with Crippen LogP contribution >= 0.6 is 0 Å². The summed E-state index contributed by atoms with van der Waals surface area (Å²) in [5, 5.41) is 9.39. The Morgan fingerprint density at radius 1 is 1.36 bits per heavy atom. The molecule has 0 spiro atoms. The molecule has 0 saturated carbocycles. The first-order valence-electron chi connectivity index (χ1n) is 8.34. The molecule has 1 saturated heterocycles. The van der Waals surface area contributed by atoms with Gasteiger partial charge >= 0.3 is 0 Å². The Kier molecular flexibility index (Phi) is 4.98. The summed E-state index contributed by atoms with van der Waals surface area (Å²) >= 11 is 0. The lowest BCUT2D eigenvalue weighted by molar-refractivity contribution is 0.396. The summed E-state index contributed by atoms with van der Waals surface area (Å²) in [4.78, 5) is 17.4. The maximum Gasteiger partial charge on any atom is 0.218 e. The number of nitrogens with zero attached hydrogens (tertiary/aromatic N) is 6. The molecule has 2 aromatic rings. The Bertz CT molecular complexity index is 787. The van der Waals surface area contributed by atoms with Crippen LogP contribution < -0.4 is 14.5 Å². The normalized spacial score (nSPS) is 17.0. The SMILES string of the molecule is COc1cc(N(C)C2CCCN(c3nc(C)ccc3C#N)C2)ncn1. The van der Waals surface area contributed by atoms with Gasteiger partial charge in [0, 0.05) is 37.9 Å². The van der Waals surface area contributed by atoms with E-state index in [1.165, 1.54) is 6.33 Å². The predicted molar refractivity (Wildman–Crippen MR) is 95.9 cm³/mol. The summed E-state index contributed by atoms with van der Waals surface area (Å²) in [6.07, 6.45) is 3.62. The van der Waals surface area contributed by atoms with Crippen LogP contribution in [0.1, 0.15) is 24.1 Å². The van der Waals surface area contributed by atoms with E-state index in [9.17, 15) is 5.26 Å². The molecule has 0 aromatic carbocycles. The van der Waals surface area contributed by atoms with Crippen molar-refractivity contribution in [1.82, 2.24) is 15.0 Å². The number of hydrogen-bond donors (Lipinski definition) is 0. The van der Waals surface area contributed by atoms with Gasteiger partial charge < -0.3 is 14.5 Å². The largest absolute Gasteiger partial charge is 0.481 e. The van der Waals surface area contributed by atoms with Crippen molar-refractivity contribution in [3.63, 3.8) is 0 Å². The van der Waals surface area contributed by atoms with Gasteiger partial charge in [-0.3, -0.25) is 0 Å². The number of aromatic nitrogens is 3. The fourth-order valence-corrected chi connectivity index (χ4v) is 3.16. The second kappa shape index (κ2) is 7.34. The molecule has 7 heteroatoms. The van der Waals surface area contributed by atoms with E-state index in [-0.39, 0.29) is 6.04 Å². The Labute approximate surface area is 147 Å². The molecule has 0 radical (unpaired) electrons. The summed E-state index contributed by atoms with van der Waals surface area (Å²) < 4.78 is 5.19. The summed E-state index contributed by atoms with van der Waals surface area (Å²) in [6, 6.07) is 8.10. The van der Waals surface area contributed by atoms with Crippen molar-refractivity contribution in [1.29, 1.82) is 5.26 Å². The number of pyridine rings is 1. The molecular weight excluding hydrogens is 316 g/mol. The standard InChI is InChI=1S/C18H22N6O/c1-13-6-7-14(10-19)18(22-13)24-8-4-5-15(11-24)23(2)16-9-17(25-3)21-12-20-16/h6-7,9,12,15H,4-5,8,11H2,1-3H3. The highest BCUT2D eigenvalue weighted by Crippen LogP contribution is 2.26. The van der Waals surface area contributed by atoms with Gasteiger partial charge in [0.1, 0.15) is 24.0 Å². The van der Waals surface area contributed by atoms with E-state index in [0.29, 0.717) is 11.4 Å². The number of ether oxygens (including phenoxy) is 1. The lowest BCUT2D eigenvalue weighted by Crippen LogP contribution is -2.47. The van der Waals surface area contributed by atoms with E-state index in [1.807, 2.05) is 32.2 Å². The molecule has 0 aliphatic carbocycles. The third kappa shape index (κ3) is 3.63. The minimum atomic E-state index is 0.280. The van der Waals surface area contributed by atoms with Crippen LogP contribution in [0.15, 0.2) is 24.5 Å². The van der Waals surface area contributed by atoms with Crippen LogP contribution in [-0.4, -0.2) is 48.2 Å². The summed E-state index contributed by atoms with van der Waals surface area (Å²) in [5.41, 5.74) is 1.54. The summed E-state index contributed by atoms with van der Waals surface area (Å²) in [5.74, 6) is 2.16. The average Bonchev–Trinajstić information content (AvgIpc) is 2.67. The smallest absolute Gasteiger partial charge is 0.218 e. The van der Waals surface area contributed by atoms with Gasteiger partial charge in [0.25, 0.3) is 0 Å². The Balaban J connectivity index is 1.81. The molecule has 0 amide bonds. The molecule has 0 N–H and O–H groups in total. The first-order valence-corrected chi connectivity index (χ1v) is 8.34. The van der Waals surface area contributed by atoms with Crippen molar-refractivity contribution in [2.75, 3.05) is 37.0 Å². The number of methoxy groups -OCH3 is 1. The number of aryl methyl sites for hydroxylation is 1. The van der Waals surface area contributed by atoms with E-state index in [2.05, 4.69) is 30.8 Å². The maximum atomic E-state index is 9.39. The van der Waals surface area contributed by atoms with Crippen LogP contribution in [0.3, 0.4) is 0 Å². The molecular formula is C18H22N6O. The zero-order valence-corrected chi connectivity index (χ0v) is 14.8. The fraction of sp³-hybridized carbons (Fsp3) is 0.444. The van der Waals surface area contributed by atoms with Crippen LogP contribution in [0.25, 0.3) is 0 Å². The topological polar surface area (TPSA) is 78.2 Å². The monoisotopic (exact) mass is 338 g/mol. The molecule has 1 aliphatic heterocycles. The molecule has 0 bridgehead atoms. The number of rotatable bonds is 4. The predicted octanol–water partition coefficient (Wildman–Crippen LogP) is 2.17. The Morgan fingerprint density at radius 2 is 2.20 bits per heavy atom. The number of hydrogen-bond acceptors (Lipinski definition) is 7. The van der Waals surface area contributed by atoms with E-state index in [1.54, 1.807) is 7.11 Å². The lowest BCUT2D eigenvalue weighted by Gasteiger charge is -2.39. The lowest BCUT2D eigenvalue weighted by atomic mass is 10.0. The van der Waals surface area contributed by atoms with Gasteiger partial charge in [0.05, 0.1) is 12.7 Å². The minimum absolute atomic E-state index is 0.280. The van der Waals surface area contributed by atoms with E-state index >= 15 is 0 Å². The molecule has 1 aliphatic rings. The highest BCUT2D eigenvalue weighted by molar-refractivity contribution is 5.55. The van der Waals surface area contributed by atoms with E-state index < -0.39 is 0 Å². The van der Waals surface area contributed by atoms with Gasteiger partial charge in [-0.15, -0.1) is 0 Å². The Morgan fingerprint density at radius 3 is 2.96 bits per heavy atom. The highest BCUT2D eigenvalue weighted by atomic mass is 16.5. The Hall–Kier alpha value is -2.88. The van der Waals surface area contributed by atoms with Crippen molar-refractivity contribution >= 4 is 11.6 Å². The summed E-state index contributed by atoms with van der Waals surface area (Å²) in [7, 11) is 3.63. The van der Waals surface area contributed by atoms with Gasteiger partial charge in [0.2, 0.25) is 5.88 Å². The fourth-order valence-electron chi connectivity index (χ4n) is 3.16. The van der Waals surface area contributed by atoms with E-state index in [0.717, 1.165) is 43.3 Å². The molecule has 1 fully saturated rings. The molecule has 1 unspecified atom stereocenters. The molecule has 130 valence electrons. The van der Waals surface area contributed by atoms with E-state index in [4.69, 9.17) is 4.74 Å². The van der Waals surface area contributed by atoms with Crippen molar-refractivity contribution in [2.24, 2.45) is 0 Å². The van der Waals surface area contributed by atoms with Crippen LogP contribution in [0, 0.1) is 18.3 Å². The molecule has 3 rings (SSSR count).